The van der Waals surface area contributed by atoms with E-state index in [0.717, 1.165) is 62.5 Å². The largest absolute Gasteiger partial charge is 0.573 e. The van der Waals surface area contributed by atoms with E-state index in [0.29, 0.717) is 23.7 Å². The molecular weight excluding hydrogens is 429 g/mol. The van der Waals surface area contributed by atoms with Gasteiger partial charge in [0.15, 0.2) is 5.78 Å². The quantitative estimate of drug-likeness (QED) is 0.507. The zero-order chi connectivity index (χ0) is 23.6. The summed E-state index contributed by atoms with van der Waals surface area (Å²) in [6.07, 6.45) is 4.85. The average Bonchev–Trinajstić information content (AvgIpc) is 2.99. The normalized spacial score (nSPS) is 41.9. The maximum absolute atomic E-state index is 13.5. The Labute approximate surface area is 193 Å². The number of benzene rings is 1. The molecule has 0 saturated heterocycles. The molecule has 0 amide bonds. The molecular formula is C27H33F3O3. The highest BCUT2D eigenvalue weighted by molar-refractivity contribution is 6.05. The number of rotatable bonds is 2. The second-order valence-electron chi connectivity index (χ2n) is 11.4. The van der Waals surface area contributed by atoms with Crippen LogP contribution >= 0.6 is 0 Å². The van der Waals surface area contributed by atoms with Crippen molar-refractivity contribution in [2.45, 2.75) is 77.7 Å². The van der Waals surface area contributed by atoms with E-state index in [4.69, 9.17) is 0 Å². The van der Waals surface area contributed by atoms with Crippen LogP contribution in [-0.4, -0.2) is 23.4 Å². The molecule has 4 aliphatic rings. The van der Waals surface area contributed by atoms with Gasteiger partial charge in [-0.1, -0.05) is 26.0 Å². The fourth-order valence-corrected chi connectivity index (χ4v) is 8.00. The van der Waals surface area contributed by atoms with Crippen molar-refractivity contribution in [3.05, 3.63) is 35.4 Å². The summed E-state index contributed by atoms with van der Waals surface area (Å²) in [4.78, 5) is 13.5. The van der Waals surface area contributed by atoms with Crippen LogP contribution in [0.3, 0.4) is 0 Å². The SMILES string of the molecule is C[C@]12CC[C@H](O)C[C@@H]1CC[C@H]1[C@H]2CC[C@]2(C)C(=O)/C(=C/c3ccc(OC(F)(F)F)cc3)C[C@H]12. The van der Waals surface area contributed by atoms with E-state index in [9.17, 15) is 23.1 Å². The molecule has 0 spiro atoms. The van der Waals surface area contributed by atoms with Crippen molar-refractivity contribution in [1.82, 2.24) is 0 Å². The molecule has 1 aromatic carbocycles. The number of ether oxygens (including phenoxy) is 1. The summed E-state index contributed by atoms with van der Waals surface area (Å²) in [7, 11) is 0. The molecule has 7 atom stereocenters. The number of hydrogen-bond donors (Lipinski definition) is 1. The van der Waals surface area contributed by atoms with Gasteiger partial charge in [-0.3, -0.25) is 4.79 Å². The van der Waals surface area contributed by atoms with Crippen LogP contribution in [0.1, 0.15) is 70.8 Å². The van der Waals surface area contributed by atoms with Crippen molar-refractivity contribution >= 4 is 11.9 Å². The van der Waals surface area contributed by atoms with Crippen LogP contribution in [0, 0.1) is 34.5 Å². The minimum atomic E-state index is -4.71. The Morgan fingerprint density at radius 1 is 1.03 bits per heavy atom. The number of ketones is 1. The van der Waals surface area contributed by atoms with E-state index < -0.39 is 6.36 Å². The predicted molar refractivity (Wildman–Crippen MR) is 119 cm³/mol. The van der Waals surface area contributed by atoms with Crippen molar-refractivity contribution < 1.29 is 27.8 Å². The first-order chi connectivity index (χ1) is 15.5. The molecule has 1 aromatic rings. The zero-order valence-electron chi connectivity index (χ0n) is 19.3. The molecule has 0 heterocycles. The Bertz CT molecular complexity index is 952. The number of Topliss-reactive ketones (excluding diaryl/α,β-unsaturated/α-hetero) is 1. The fourth-order valence-electron chi connectivity index (χ4n) is 8.00. The van der Waals surface area contributed by atoms with Crippen LogP contribution in [0.2, 0.25) is 0 Å². The van der Waals surface area contributed by atoms with E-state index >= 15 is 0 Å². The summed E-state index contributed by atoms with van der Waals surface area (Å²) in [5, 5.41) is 10.2. The molecule has 33 heavy (non-hydrogen) atoms. The maximum atomic E-state index is 13.5. The number of alkyl halides is 3. The standard InChI is InChI=1S/C27H33F3O3/c1-25-11-9-19(31)15-18(25)5-8-21-22(25)10-12-26(2)23(21)14-17(24(26)32)13-16-3-6-20(7-4-16)33-27(28,29)30/h3-4,6-7,13,18-19,21-23,31H,5,8-12,14-15H2,1-2H3/b17-13+/t18-,19-,21-,22+,23+,25-,26-/m0/s1. The van der Waals surface area contributed by atoms with Crippen LogP contribution in [0.4, 0.5) is 13.2 Å². The van der Waals surface area contributed by atoms with Crippen molar-refractivity contribution in [3.8, 4) is 5.75 Å². The van der Waals surface area contributed by atoms with Crippen LogP contribution in [0.15, 0.2) is 29.8 Å². The number of aliphatic hydroxyl groups excluding tert-OH is 1. The van der Waals surface area contributed by atoms with Gasteiger partial charge in [0, 0.05) is 5.41 Å². The van der Waals surface area contributed by atoms with Crippen LogP contribution in [0.5, 0.6) is 5.75 Å². The number of carbonyl (C=O) groups is 1. The molecule has 0 aromatic heterocycles. The number of allylic oxidation sites excluding steroid dienone is 1. The Hall–Kier alpha value is -1.82. The fraction of sp³-hybridized carbons (Fsp3) is 0.667. The lowest BCUT2D eigenvalue weighted by Gasteiger charge is -2.59. The third-order valence-corrected chi connectivity index (χ3v) is 9.73. The molecule has 0 aliphatic heterocycles. The average molecular weight is 463 g/mol. The number of aliphatic hydroxyl groups is 1. The van der Waals surface area contributed by atoms with Gasteiger partial charge in [-0.25, -0.2) is 0 Å². The Kier molecular flexibility index (Phi) is 5.47. The first kappa shape index (κ1) is 22.9. The van der Waals surface area contributed by atoms with Gasteiger partial charge in [-0.2, -0.15) is 0 Å². The minimum Gasteiger partial charge on any atom is -0.406 e. The van der Waals surface area contributed by atoms with Crippen molar-refractivity contribution in [2.24, 2.45) is 34.5 Å². The van der Waals surface area contributed by atoms with Gasteiger partial charge in [0.05, 0.1) is 6.10 Å². The highest BCUT2D eigenvalue weighted by Crippen LogP contribution is 2.66. The Balaban J connectivity index is 1.37. The van der Waals surface area contributed by atoms with Gasteiger partial charge in [-0.15, -0.1) is 13.2 Å². The summed E-state index contributed by atoms with van der Waals surface area (Å²) in [5.74, 6) is 2.00. The van der Waals surface area contributed by atoms with E-state index in [1.165, 1.54) is 12.1 Å². The summed E-state index contributed by atoms with van der Waals surface area (Å²) in [5.41, 5.74) is 1.44. The molecule has 6 heteroatoms. The van der Waals surface area contributed by atoms with Crippen LogP contribution in [-0.2, 0) is 4.79 Å². The third-order valence-electron chi connectivity index (χ3n) is 9.73. The predicted octanol–water partition coefficient (Wildman–Crippen LogP) is 6.55. The first-order valence-corrected chi connectivity index (χ1v) is 12.3. The first-order valence-electron chi connectivity index (χ1n) is 12.3. The highest BCUT2D eigenvalue weighted by Gasteiger charge is 2.61. The number of carbonyl (C=O) groups excluding carboxylic acids is 1. The molecule has 4 aliphatic carbocycles. The smallest absolute Gasteiger partial charge is 0.406 e. The zero-order valence-corrected chi connectivity index (χ0v) is 19.3. The molecule has 4 fully saturated rings. The Morgan fingerprint density at radius 2 is 1.76 bits per heavy atom. The Morgan fingerprint density at radius 3 is 2.45 bits per heavy atom. The van der Waals surface area contributed by atoms with Gasteiger partial charge in [-0.05, 0) is 110 Å². The van der Waals surface area contributed by atoms with Crippen LogP contribution < -0.4 is 4.74 Å². The van der Waals surface area contributed by atoms with Gasteiger partial charge >= 0.3 is 6.36 Å². The molecule has 0 radical (unpaired) electrons. The second-order valence-corrected chi connectivity index (χ2v) is 11.4. The van der Waals surface area contributed by atoms with Gasteiger partial charge in [0.2, 0.25) is 0 Å². The molecule has 4 saturated carbocycles. The summed E-state index contributed by atoms with van der Waals surface area (Å²) >= 11 is 0. The van der Waals surface area contributed by atoms with E-state index in [-0.39, 0.29) is 28.5 Å². The van der Waals surface area contributed by atoms with Crippen molar-refractivity contribution in [1.29, 1.82) is 0 Å². The maximum Gasteiger partial charge on any atom is 0.573 e. The topological polar surface area (TPSA) is 46.5 Å². The third kappa shape index (κ3) is 3.92. The lowest BCUT2D eigenvalue weighted by atomic mass is 9.45. The lowest BCUT2D eigenvalue weighted by Crippen LogP contribution is -2.54. The summed E-state index contributed by atoms with van der Waals surface area (Å²) < 4.78 is 41.2. The molecule has 5 rings (SSSR count). The molecule has 0 unspecified atom stereocenters. The van der Waals surface area contributed by atoms with Crippen molar-refractivity contribution in [3.63, 3.8) is 0 Å². The number of fused-ring (bicyclic) bond motifs is 5. The van der Waals surface area contributed by atoms with E-state index in [1.807, 2.05) is 6.08 Å². The monoisotopic (exact) mass is 462 g/mol. The lowest BCUT2D eigenvalue weighted by molar-refractivity contribution is -0.274. The number of hydrogen-bond acceptors (Lipinski definition) is 3. The van der Waals surface area contributed by atoms with Gasteiger partial charge < -0.3 is 9.84 Å². The molecule has 0 bridgehead atoms. The number of halogens is 3. The molecule has 3 nitrogen and oxygen atoms in total. The van der Waals surface area contributed by atoms with Crippen molar-refractivity contribution in [2.75, 3.05) is 0 Å². The molecule has 1 N–H and O–H groups in total. The van der Waals surface area contributed by atoms with Crippen LogP contribution in [0.25, 0.3) is 6.08 Å². The van der Waals surface area contributed by atoms with E-state index in [1.54, 1.807) is 12.1 Å². The molecule has 180 valence electrons. The minimum absolute atomic E-state index is 0.163. The second kappa shape index (κ2) is 7.86. The van der Waals surface area contributed by atoms with E-state index in [2.05, 4.69) is 18.6 Å². The summed E-state index contributed by atoms with van der Waals surface area (Å²) in [6.45, 7) is 4.57. The van der Waals surface area contributed by atoms with Gasteiger partial charge in [0.1, 0.15) is 5.75 Å². The highest BCUT2D eigenvalue weighted by atomic mass is 19.4. The van der Waals surface area contributed by atoms with Gasteiger partial charge in [0.25, 0.3) is 0 Å². The summed E-state index contributed by atoms with van der Waals surface area (Å²) in [6, 6.07) is 5.75.